The Hall–Kier alpha value is -1.81. The van der Waals surface area contributed by atoms with Crippen molar-refractivity contribution in [3.8, 4) is 5.75 Å². The average molecular weight is 232 g/mol. The Bertz CT molecular complexity index is 480. The number of aliphatic hydroxyl groups is 1. The summed E-state index contributed by atoms with van der Waals surface area (Å²) in [7, 11) is 1.67. The third kappa shape index (κ3) is 2.65. The van der Waals surface area contributed by atoms with Crippen LogP contribution in [0.5, 0.6) is 5.75 Å². The Morgan fingerprint density at radius 3 is 2.94 bits per heavy atom. The molecule has 2 rings (SSSR count). The number of hydrogen-bond donors (Lipinski definition) is 1. The van der Waals surface area contributed by atoms with Crippen LogP contribution in [-0.4, -0.2) is 28.4 Å². The standard InChI is InChI=1S/C13H16N2O2/c1-17-12-5-3-2-4-11(12)10-13-14-6-7-15(13)8-9-16/h2-7,16H,8-10H2,1H3. The Morgan fingerprint density at radius 1 is 1.35 bits per heavy atom. The SMILES string of the molecule is COc1ccccc1Cc1nccn1CCO. The Kier molecular flexibility index (Phi) is 3.77. The molecule has 1 aromatic heterocycles. The van der Waals surface area contributed by atoms with Gasteiger partial charge in [-0.2, -0.15) is 0 Å². The summed E-state index contributed by atoms with van der Waals surface area (Å²) < 4.78 is 7.26. The van der Waals surface area contributed by atoms with Gasteiger partial charge in [-0.05, 0) is 6.07 Å². The van der Waals surface area contributed by atoms with Crippen LogP contribution in [0, 0.1) is 0 Å². The second kappa shape index (κ2) is 5.50. The van der Waals surface area contributed by atoms with Crippen LogP contribution in [0.4, 0.5) is 0 Å². The summed E-state index contributed by atoms with van der Waals surface area (Å²) in [6, 6.07) is 7.89. The van der Waals surface area contributed by atoms with Crippen LogP contribution in [0.25, 0.3) is 0 Å². The smallest absolute Gasteiger partial charge is 0.122 e. The van der Waals surface area contributed by atoms with Gasteiger partial charge in [0.15, 0.2) is 0 Å². The topological polar surface area (TPSA) is 47.3 Å². The van der Waals surface area contributed by atoms with E-state index < -0.39 is 0 Å². The first-order valence-electron chi connectivity index (χ1n) is 5.58. The van der Waals surface area contributed by atoms with Gasteiger partial charge in [0, 0.05) is 30.9 Å². The first-order valence-corrected chi connectivity index (χ1v) is 5.58. The molecule has 17 heavy (non-hydrogen) atoms. The van der Waals surface area contributed by atoms with E-state index in [2.05, 4.69) is 4.98 Å². The molecule has 1 N–H and O–H groups in total. The van der Waals surface area contributed by atoms with E-state index in [1.807, 2.05) is 35.0 Å². The fraction of sp³-hybridized carbons (Fsp3) is 0.308. The second-order valence-corrected chi connectivity index (χ2v) is 3.75. The maximum absolute atomic E-state index is 8.96. The van der Waals surface area contributed by atoms with Crippen molar-refractivity contribution in [2.75, 3.05) is 13.7 Å². The molecule has 0 amide bonds. The van der Waals surface area contributed by atoms with Gasteiger partial charge in [-0.1, -0.05) is 18.2 Å². The lowest BCUT2D eigenvalue weighted by atomic mass is 10.1. The van der Waals surface area contributed by atoms with Gasteiger partial charge in [0.1, 0.15) is 11.6 Å². The van der Waals surface area contributed by atoms with Gasteiger partial charge in [-0.15, -0.1) is 0 Å². The summed E-state index contributed by atoms with van der Waals surface area (Å²) in [6.07, 6.45) is 4.33. The molecular formula is C13H16N2O2. The summed E-state index contributed by atoms with van der Waals surface area (Å²) in [5.41, 5.74) is 1.10. The number of methoxy groups -OCH3 is 1. The van der Waals surface area contributed by atoms with Gasteiger partial charge in [-0.3, -0.25) is 0 Å². The molecule has 1 aromatic carbocycles. The van der Waals surface area contributed by atoms with Crippen LogP contribution >= 0.6 is 0 Å². The maximum atomic E-state index is 8.96. The monoisotopic (exact) mass is 232 g/mol. The van der Waals surface area contributed by atoms with Gasteiger partial charge in [0.25, 0.3) is 0 Å². The molecule has 0 aliphatic heterocycles. The van der Waals surface area contributed by atoms with E-state index in [1.165, 1.54) is 0 Å². The van der Waals surface area contributed by atoms with Crippen molar-refractivity contribution in [1.29, 1.82) is 0 Å². The number of imidazole rings is 1. The van der Waals surface area contributed by atoms with Crippen molar-refractivity contribution < 1.29 is 9.84 Å². The highest BCUT2D eigenvalue weighted by Crippen LogP contribution is 2.20. The molecule has 90 valence electrons. The van der Waals surface area contributed by atoms with Crippen molar-refractivity contribution >= 4 is 0 Å². The van der Waals surface area contributed by atoms with Crippen LogP contribution in [0.15, 0.2) is 36.7 Å². The summed E-state index contributed by atoms with van der Waals surface area (Å²) in [6.45, 7) is 0.694. The van der Waals surface area contributed by atoms with Gasteiger partial charge < -0.3 is 14.4 Å². The van der Waals surface area contributed by atoms with Crippen molar-refractivity contribution in [2.45, 2.75) is 13.0 Å². The van der Waals surface area contributed by atoms with E-state index in [0.29, 0.717) is 13.0 Å². The lowest BCUT2D eigenvalue weighted by Gasteiger charge is -2.09. The molecule has 2 aromatic rings. The van der Waals surface area contributed by atoms with E-state index in [-0.39, 0.29) is 6.61 Å². The van der Waals surface area contributed by atoms with Crippen LogP contribution in [-0.2, 0) is 13.0 Å². The second-order valence-electron chi connectivity index (χ2n) is 3.75. The van der Waals surface area contributed by atoms with Crippen LogP contribution in [0.3, 0.4) is 0 Å². The van der Waals surface area contributed by atoms with E-state index in [9.17, 15) is 0 Å². The largest absolute Gasteiger partial charge is 0.496 e. The number of aromatic nitrogens is 2. The van der Waals surface area contributed by atoms with Crippen molar-refractivity contribution in [1.82, 2.24) is 9.55 Å². The number of nitrogens with zero attached hydrogens (tertiary/aromatic N) is 2. The molecule has 0 unspecified atom stereocenters. The number of para-hydroxylation sites is 1. The molecule has 0 fully saturated rings. The highest BCUT2D eigenvalue weighted by molar-refractivity contribution is 5.35. The first-order chi connectivity index (χ1) is 8.35. The Balaban J connectivity index is 2.22. The highest BCUT2D eigenvalue weighted by Gasteiger charge is 2.07. The summed E-state index contributed by atoms with van der Waals surface area (Å²) in [4.78, 5) is 4.30. The van der Waals surface area contributed by atoms with Crippen LogP contribution in [0.1, 0.15) is 11.4 Å². The number of aliphatic hydroxyl groups excluding tert-OH is 1. The molecule has 0 bridgehead atoms. The fourth-order valence-corrected chi connectivity index (χ4v) is 1.84. The Morgan fingerprint density at radius 2 is 2.18 bits per heavy atom. The fourth-order valence-electron chi connectivity index (χ4n) is 1.84. The molecule has 0 saturated heterocycles. The van der Waals surface area contributed by atoms with Gasteiger partial charge in [0.2, 0.25) is 0 Å². The zero-order valence-electron chi connectivity index (χ0n) is 9.84. The first kappa shape index (κ1) is 11.7. The quantitative estimate of drug-likeness (QED) is 0.849. The lowest BCUT2D eigenvalue weighted by Crippen LogP contribution is -2.07. The summed E-state index contributed by atoms with van der Waals surface area (Å²) in [5, 5.41) is 8.96. The molecule has 1 heterocycles. The van der Waals surface area contributed by atoms with Crippen molar-refractivity contribution in [3.63, 3.8) is 0 Å². The van der Waals surface area contributed by atoms with Gasteiger partial charge in [0.05, 0.1) is 13.7 Å². The molecule has 0 radical (unpaired) electrons. The van der Waals surface area contributed by atoms with E-state index in [4.69, 9.17) is 9.84 Å². The van der Waals surface area contributed by atoms with E-state index >= 15 is 0 Å². The minimum atomic E-state index is 0.120. The minimum Gasteiger partial charge on any atom is -0.496 e. The summed E-state index contributed by atoms with van der Waals surface area (Å²) in [5.74, 6) is 1.80. The van der Waals surface area contributed by atoms with Crippen molar-refractivity contribution in [3.05, 3.63) is 48.0 Å². The maximum Gasteiger partial charge on any atom is 0.122 e. The van der Waals surface area contributed by atoms with Crippen molar-refractivity contribution in [2.24, 2.45) is 0 Å². The number of benzene rings is 1. The molecule has 0 aliphatic rings. The molecular weight excluding hydrogens is 216 g/mol. The molecule has 0 aliphatic carbocycles. The predicted octanol–water partition coefficient (Wildman–Crippen LogP) is 1.47. The Labute approximate surface area is 100 Å². The van der Waals surface area contributed by atoms with Crippen LogP contribution < -0.4 is 4.74 Å². The third-order valence-electron chi connectivity index (χ3n) is 2.68. The number of ether oxygens (including phenoxy) is 1. The van der Waals surface area contributed by atoms with Gasteiger partial charge >= 0.3 is 0 Å². The molecule has 4 heteroatoms. The average Bonchev–Trinajstić information content (AvgIpc) is 2.78. The molecule has 4 nitrogen and oxygen atoms in total. The lowest BCUT2D eigenvalue weighted by molar-refractivity contribution is 0.274. The van der Waals surface area contributed by atoms with Crippen LogP contribution in [0.2, 0.25) is 0 Å². The van der Waals surface area contributed by atoms with E-state index in [0.717, 1.165) is 17.1 Å². The van der Waals surface area contributed by atoms with Gasteiger partial charge in [-0.25, -0.2) is 4.98 Å². The number of rotatable bonds is 5. The highest BCUT2D eigenvalue weighted by atomic mass is 16.5. The molecule has 0 saturated carbocycles. The zero-order valence-corrected chi connectivity index (χ0v) is 9.84. The third-order valence-corrected chi connectivity index (χ3v) is 2.68. The van der Waals surface area contributed by atoms with E-state index in [1.54, 1.807) is 13.3 Å². The predicted molar refractivity (Wildman–Crippen MR) is 65.1 cm³/mol. The summed E-state index contributed by atoms with van der Waals surface area (Å²) >= 11 is 0. The zero-order chi connectivity index (χ0) is 12.1. The normalized spacial score (nSPS) is 10.5. The number of hydrogen-bond acceptors (Lipinski definition) is 3. The molecule has 0 spiro atoms. The molecule has 0 atom stereocenters. The minimum absolute atomic E-state index is 0.120.